The Bertz CT molecular complexity index is 724. The number of esters is 1. The molecule has 0 spiro atoms. The lowest BCUT2D eigenvalue weighted by Crippen LogP contribution is -2.21. The second-order valence-corrected chi connectivity index (χ2v) is 5.55. The third-order valence-electron chi connectivity index (χ3n) is 3.98. The van der Waals surface area contributed by atoms with Crippen LogP contribution in [0.1, 0.15) is 41.0 Å². The van der Waals surface area contributed by atoms with Gasteiger partial charge >= 0.3 is 5.97 Å². The van der Waals surface area contributed by atoms with E-state index in [0.29, 0.717) is 5.56 Å². The molecular weight excluding hydrogens is 318 g/mol. The molecule has 0 aliphatic heterocycles. The molecule has 2 aromatic carbocycles. The second-order valence-electron chi connectivity index (χ2n) is 5.55. The van der Waals surface area contributed by atoms with Gasteiger partial charge in [0, 0.05) is 31.3 Å². The van der Waals surface area contributed by atoms with E-state index < -0.39 is 5.97 Å². The third-order valence-corrected chi connectivity index (χ3v) is 3.98. The number of phenols is 1. The highest BCUT2D eigenvalue weighted by atomic mass is 16.5. The summed E-state index contributed by atoms with van der Waals surface area (Å²) >= 11 is 0. The van der Waals surface area contributed by atoms with Crippen LogP contribution in [0.4, 0.5) is 5.69 Å². The van der Waals surface area contributed by atoms with Crippen molar-refractivity contribution in [2.75, 3.05) is 24.6 Å². The zero-order valence-corrected chi connectivity index (χ0v) is 14.6. The molecule has 2 rings (SSSR count). The number of benzene rings is 2. The highest BCUT2D eigenvalue weighted by molar-refractivity contribution is 5.99. The second kappa shape index (κ2) is 8.87. The number of hydrogen-bond acceptors (Lipinski definition) is 5. The Balaban J connectivity index is 1.93. The summed E-state index contributed by atoms with van der Waals surface area (Å²) in [5.41, 5.74) is 1.56. The molecule has 0 amide bonds. The largest absolute Gasteiger partial charge is 0.507 e. The Morgan fingerprint density at radius 1 is 1.04 bits per heavy atom. The molecule has 0 saturated heterocycles. The van der Waals surface area contributed by atoms with Crippen molar-refractivity contribution in [3.8, 4) is 5.75 Å². The van der Waals surface area contributed by atoms with Crippen molar-refractivity contribution < 1.29 is 19.4 Å². The number of hydrogen-bond donors (Lipinski definition) is 1. The number of ketones is 1. The fourth-order valence-electron chi connectivity index (χ4n) is 2.57. The summed E-state index contributed by atoms with van der Waals surface area (Å²) in [5, 5.41) is 10.1. The molecule has 0 aliphatic carbocycles. The fourth-order valence-corrected chi connectivity index (χ4v) is 2.57. The zero-order chi connectivity index (χ0) is 18.2. The quantitative estimate of drug-likeness (QED) is 0.586. The van der Waals surface area contributed by atoms with Crippen LogP contribution in [-0.4, -0.2) is 36.6 Å². The van der Waals surface area contributed by atoms with E-state index in [1.165, 1.54) is 0 Å². The van der Waals surface area contributed by atoms with Crippen molar-refractivity contribution in [1.29, 1.82) is 0 Å². The van der Waals surface area contributed by atoms with Crippen molar-refractivity contribution >= 4 is 17.4 Å². The van der Waals surface area contributed by atoms with Gasteiger partial charge in [-0.2, -0.15) is 0 Å². The van der Waals surface area contributed by atoms with Gasteiger partial charge < -0.3 is 14.7 Å². The van der Waals surface area contributed by atoms with Crippen molar-refractivity contribution in [3.05, 3.63) is 59.7 Å². The lowest BCUT2D eigenvalue weighted by atomic mass is 10.1. The predicted molar refractivity (Wildman–Crippen MR) is 97.3 cm³/mol. The lowest BCUT2D eigenvalue weighted by molar-refractivity contribution is 0.0496. The maximum Gasteiger partial charge on any atom is 0.338 e. The number of nitrogens with zero attached hydrogens (tertiary/aromatic N) is 1. The predicted octanol–water partition coefficient (Wildman–Crippen LogP) is 3.67. The maximum absolute atomic E-state index is 12.2. The zero-order valence-electron chi connectivity index (χ0n) is 14.6. The van der Waals surface area contributed by atoms with Gasteiger partial charge in [0.15, 0.2) is 5.78 Å². The summed E-state index contributed by atoms with van der Waals surface area (Å²) in [5.74, 6) is -0.775. The average Bonchev–Trinajstić information content (AvgIpc) is 2.63. The Morgan fingerprint density at radius 3 is 2.32 bits per heavy atom. The molecular formula is C20H23NO4. The smallest absolute Gasteiger partial charge is 0.338 e. The van der Waals surface area contributed by atoms with Crippen molar-refractivity contribution in [3.63, 3.8) is 0 Å². The van der Waals surface area contributed by atoms with Gasteiger partial charge in [-0.15, -0.1) is 0 Å². The molecule has 132 valence electrons. The molecule has 0 atom stereocenters. The molecule has 1 N–H and O–H groups in total. The minimum Gasteiger partial charge on any atom is -0.507 e. The molecule has 25 heavy (non-hydrogen) atoms. The number of aromatic hydroxyl groups is 1. The standard InChI is InChI=1S/C20H23NO4/c1-3-21(4-2)16-10-11-17(19(23)14-16)18(22)12-13-25-20(24)15-8-6-5-7-9-15/h5-11,14,23H,3-4,12-13H2,1-2H3. The van der Waals surface area contributed by atoms with E-state index in [-0.39, 0.29) is 30.1 Å². The number of ether oxygens (including phenoxy) is 1. The van der Waals surface area contributed by atoms with Crippen LogP contribution in [0.5, 0.6) is 5.75 Å². The highest BCUT2D eigenvalue weighted by Crippen LogP contribution is 2.25. The maximum atomic E-state index is 12.2. The number of rotatable bonds is 8. The summed E-state index contributed by atoms with van der Waals surface area (Å²) in [4.78, 5) is 26.1. The Morgan fingerprint density at radius 2 is 1.72 bits per heavy atom. The summed E-state index contributed by atoms with van der Waals surface area (Å²) in [6.45, 7) is 5.67. The fraction of sp³-hybridized carbons (Fsp3) is 0.300. The number of phenolic OH excluding ortho intramolecular Hbond substituents is 1. The van der Waals surface area contributed by atoms with Crippen molar-refractivity contribution in [2.24, 2.45) is 0 Å². The van der Waals surface area contributed by atoms with Crippen LogP contribution in [0.2, 0.25) is 0 Å². The van der Waals surface area contributed by atoms with Crippen LogP contribution in [0.15, 0.2) is 48.5 Å². The van der Waals surface area contributed by atoms with Crippen molar-refractivity contribution in [2.45, 2.75) is 20.3 Å². The number of carbonyl (C=O) groups excluding carboxylic acids is 2. The molecule has 0 heterocycles. The van der Waals surface area contributed by atoms with E-state index in [1.54, 1.807) is 36.4 Å². The van der Waals surface area contributed by atoms with Crippen LogP contribution in [0, 0.1) is 0 Å². The normalized spacial score (nSPS) is 10.3. The molecule has 0 unspecified atom stereocenters. The Labute approximate surface area is 147 Å². The minimum absolute atomic E-state index is 0.0240. The Hall–Kier alpha value is -2.82. The summed E-state index contributed by atoms with van der Waals surface area (Å²) in [7, 11) is 0. The van der Waals surface area contributed by atoms with Gasteiger partial charge in [0.1, 0.15) is 5.75 Å². The van der Waals surface area contributed by atoms with Crippen LogP contribution in [-0.2, 0) is 4.74 Å². The first-order valence-electron chi connectivity index (χ1n) is 8.40. The molecule has 0 radical (unpaired) electrons. The molecule has 0 fully saturated rings. The van der Waals surface area contributed by atoms with Gasteiger partial charge in [0.25, 0.3) is 0 Å². The van der Waals surface area contributed by atoms with Gasteiger partial charge in [0.05, 0.1) is 17.7 Å². The first-order valence-corrected chi connectivity index (χ1v) is 8.40. The van der Waals surface area contributed by atoms with Gasteiger partial charge in [-0.1, -0.05) is 18.2 Å². The lowest BCUT2D eigenvalue weighted by Gasteiger charge is -2.21. The first-order chi connectivity index (χ1) is 12.1. The van der Waals surface area contributed by atoms with Gasteiger partial charge in [-0.05, 0) is 38.1 Å². The summed E-state index contributed by atoms with van der Waals surface area (Å²) in [6.07, 6.45) is 0.0246. The number of Topliss-reactive ketones (excluding diaryl/α,β-unsaturated/α-hetero) is 1. The minimum atomic E-state index is -0.463. The van der Waals surface area contributed by atoms with Crippen LogP contribution in [0.3, 0.4) is 0 Å². The van der Waals surface area contributed by atoms with Gasteiger partial charge in [-0.25, -0.2) is 4.79 Å². The third kappa shape index (κ3) is 4.83. The van der Waals surface area contributed by atoms with E-state index >= 15 is 0 Å². The first kappa shape index (κ1) is 18.5. The topological polar surface area (TPSA) is 66.8 Å². The average molecular weight is 341 g/mol. The van der Waals surface area contributed by atoms with Crippen LogP contribution in [0.25, 0.3) is 0 Å². The van der Waals surface area contributed by atoms with E-state index in [9.17, 15) is 14.7 Å². The molecule has 0 aromatic heterocycles. The highest BCUT2D eigenvalue weighted by Gasteiger charge is 2.14. The molecule has 5 heteroatoms. The van der Waals surface area contributed by atoms with E-state index in [4.69, 9.17) is 4.74 Å². The molecule has 2 aromatic rings. The molecule has 0 aliphatic rings. The number of carbonyl (C=O) groups is 2. The molecule has 0 bridgehead atoms. The summed E-state index contributed by atoms with van der Waals surface area (Å²) in [6, 6.07) is 13.6. The molecule has 5 nitrogen and oxygen atoms in total. The van der Waals surface area contributed by atoms with Crippen LogP contribution < -0.4 is 4.90 Å². The van der Waals surface area contributed by atoms with Gasteiger partial charge in [-0.3, -0.25) is 4.79 Å². The molecule has 0 saturated carbocycles. The van der Waals surface area contributed by atoms with Crippen LogP contribution >= 0.6 is 0 Å². The number of anilines is 1. The van der Waals surface area contributed by atoms with Crippen molar-refractivity contribution in [1.82, 2.24) is 0 Å². The van der Waals surface area contributed by atoms with E-state index in [0.717, 1.165) is 18.8 Å². The SMILES string of the molecule is CCN(CC)c1ccc(C(=O)CCOC(=O)c2ccccc2)c(O)c1. The van der Waals surface area contributed by atoms with E-state index in [1.807, 2.05) is 26.0 Å². The van der Waals surface area contributed by atoms with E-state index in [2.05, 4.69) is 4.90 Å². The Kier molecular flexibility index (Phi) is 6.57. The monoisotopic (exact) mass is 341 g/mol. The van der Waals surface area contributed by atoms with Gasteiger partial charge in [0.2, 0.25) is 0 Å². The summed E-state index contributed by atoms with van der Waals surface area (Å²) < 4.78 is 5.11.